The second-order valence-electron chi connectivity index (χ2n) is 5.44. The Bertz CT molecular complexity index is 436. The molecule has 1 fully saturated rings. The number of carbonyl (C=O) groups is 1. The lowest BCUT2D eigenvalue weighted by Gasteiger charge is -2.39. The van der Waals surface area contributed by atoms with Crippen molar-refractivity contribution in [2.24, 2.45) is 5.41 Å². The van der Waals surface area contributed by atoms with Crippen molar-refractivity contribution in [2.75, 3.05) is 13.1 Å². The van der Waals surface area contributed by atoms with E-state index in [1.54, 1.807) is 0 Å². The molecule has 18 heavy (non-hydrogen) atoms. The van der Waals surface area contributed by atoms with Gasteiger partial charge < -0.3 is 4.90 Å². The number of hydrogen-bond acceptors (Lipinski definition) is 1. The standard InChI is InChI=1S/C15H20INO/c1-3-15(2)8-10-17(11-9-15)14(18)12-6-4-5-7-13(12)16/h4-7H,3,8-11H2,1-2H3. The summed E-state index contributed by atoms with van der Waals surface area (Å²) in [6.45, 7) is 6.38. The molecule has 98 valence electrons. The van der Waals surface area contributed by atoms with Gasteiger partial charge in [0.25, 0.3) is 5.91 Å². The van der Waals surface area contributed by atoms with E-state index in [0.29, 0.717) is 5.41 Å². The molecule has 1 aromatic carbocycles. The van der Waals surface area contributed by atoms with Crippen molar-refractivity contribution < 1.29 is 4.79 Å². The van der Waals surface area contributed by atoms with E-state index in [-0.39, 0.29) is 5.91 Å². The van der Waals surface area contributed by atoms with Crippen LogP contribution < -0.4 is 0 Å². The highest BCUT2D eigenvalue weighted by atomic mass is 127. The van der Waals surface area contributed by atoms with Crippen molar-refractivity contribution >= 4 is 28.5 Å². The Balaban J connectivity index is 2.07. The summed E-state index contributed by atoms with van der Waals surface area (Å²) < 4.78 is 1.05. The molecule has 0 saturated carbocycles. The van der Waals surface area contributed by atoms with Crippen LogP contribution in [0.5, 0.6) is 0 Å². The SMILES string of the molecule is CCC1(C)CCN(C(=O)c2ccccc2I)CC1. The minimum absolute atomic E-state index is 0.193. The van der Waals surface area contributed by atoms with Gasteiger partial charge in [0.05, 0.1) is 5.56 Å². The van der Waals surface area contributed by atoms with Crippen molar-refractivity contribution in [3.05, 3.63) is 33.4 Å². The van der Waals surface area contributed by atoms with Crippen LogP contribution in [0.3, 0.4) is 0 Å². The van der Waals surface area contributed by atoms with Gasteiger partial charge in [-0.3, -0.25) is 4.79 Å². The van der Waals surface area contributed by atoms with Crippen molar-refractivity contribution in [1.29, 1.82) is 0 Å². The summed E-state index contributed by atoms with van der Waals surface area (Å²) in [6, 6.07) is 7.84. The maximum absolute atomic E-state index is 12.4. The van der Waals surface area contributed by atoms with Gasteiger partial charge >= 0.3 is 0 Å². The highest BCUT2D eigenvalue weighted by molar-refractivity contribution is 14.1. The van der Waals surface area contributed by atoms with Gasteiger partial charge in [-0.15, -0.1) is 0 Å². The Morgan fingerprint density at radius 2 is 1.94 bits per heavy atom. The molecule has 0 atom stereocenters. The van der Waals surface area contributed by atoms with E-state index in [9.17, 15) is 4.79 Å². The van der Waals surface area contributed by atoms with Gasteiger partial charge in [-0.2, -0.15) is 0 Å². The second-order valence-corrected chi connectivity index (χ2v) is 6.60. The summed E-state index contributed by atoms with van der Waals surface area (Å²) in [5.74, 6) is 0.193. The monoisotopic (exact) mass is 357 g/mol. The Hall–Kier alpha value is -0.580. The molecule has 1 aliphatic rings. The third-order valence-electron chi connectivity index (χ3n) is 4.22. The molecular weight excluding hydrogens is 337 g/mol. The zero-order valence-electron chi connectivity index (χ0n) is 11.1. The smallest absolute Gasteiger partial charge is 0.254 e. The largest absolute Gasteiger partial charge is 0.339 e. The molecule has 1 heterocycles. The minimum Gasteiger partial charge on any atom is -0.339 e. The van der Waals surface area contributed by atoms with E-state index in [4.69, 9.17) is 0 Å². The van der Waals surface area contributed by atoms with E-state index >= 15 is 0 Å². The predicted octanol–water partition coefficient (Wildman–Crippen LogP) is 3.94. The Morgan fingerprint density at radius 3 is 2.50 bits per heavy atom. The summed E-state index contributed by atoms with van der Waals surface area (Å²) in [4.78, 5) is 14.4. The van der Waals surface area contributed by atoms with Crippen molar-refractivity contribution in [1.82, 2.24) is 4.90 Å². The fourth-order valence-corrected chi connectivity index (χ4v) is 3.03. The zero-order valence-corrected chi connectivity index (χ0v) is 13.2. The van der Waals surface area contributed by atoms with Crippen LogP contribution in [-0.2, 0) is 0 Å². The van der Waals surface area contributed by atoms with Crippen molar-refractivity contribution in [3.8, 4) is 0 Å². The first kappa shape index (κ1) is 13.8. The van der Waals surface area contributed by atoms with Gasteiger partial charge in [0.15, 0.2) is 0 Å². The molecule has 0 bridgehead atoms. The molecular formula is C15H20INO. The fourth-order valence-electron chi connectivity index (χ4n) is 2.41. The first-order valence-electron chi connectivity index (χ1n) is 6.59. The normalized spacial score (nSPS) is 18.7. The zero-order chi connectivity index (χ0) is 13.2. The first-order chi connectivity index (χ1) is 8.56. The van der Waals surface area contributed by atoms with Crippen LogP contribution in [0, 0.1) is 8.99 Å². The van der Waals surface area contributed by atoms with Crippen molar-refractivity contribution in [2.45, 2.75) is 33.1 Å². The summed E-state index contributed by atoms with van der Waals surface area (Å²) in [7, 11) is 0. The van der Waals surface area contributed by atoms with Gasteiger partial charge in [-0.25, -0.2) is 0 Å². The molecule has 1 amide bonds. The fraction of sp³-hybridized carbons (Fsp3) is 0.533. The average molecular weight is 357 g/mol. The summed E-state index contributed by atoms with van der Waals surface area (Å²) in [5.41, 5.74) is 1.28. The predicted molar refractivity (Wildman–Crippen MR) is 82.7 cm³/mol. The number of benzene rings is 1. The summed E-state index contributed by atoms with van der Waals surface area (Å²) in [5, 5.41) is 0. The molecule has 3 heteroatoms. The maximum Gasteiger partial charge on any atom is 0.254 e. The third kappa shape index (κ3) is 2.87. The minimum atomic E-state index is 0.193. The number of piperidine rings is 1. The maximum atomic E-state index is 12.4. The molecule has 0 aromatic heterocycles. The number of carbonyl (C=O) groups excluding carboxylic acids is 1. The van der Waals surface area contributed by atoms with Gasteiger partial charge in [0.1, 0.15) is 0 Å². The van der Waals surface area contributed by atoms with E-state index in [0.717, 1.165) is 35.1 Å². The molecule has 0 unspecified atom stereocenters. The highest BCUT2D eigenvalue weighted by Crippen LogP contribution is 2.34. The van der Waals surface area contributed by atoms with Crippen molar-refractivity contribution in [3.63, 3.8) is 0 Å². The molecule has 1 saturated heterocycles. The number of hydrogen-bond donors (Lipinski definition) is 0. The van der Waals surface area contributed by atoms with Crippen LogP contribution in [0.4, 0.5) is 0 Å². The molecule has 2 rings (SSSR count). The van der Waals surface area contributed by atoms with E-state index in [2.05, 4.69) is 36.4 Å². The van der Waals surface area contributed by atoms with E-state index in [1.807, 2.05) is 29.2 Å². The Kier molecular flexibility index (Phi) is 4.30. The van der Waals surface area contributed by atoms with Crippen LogP contribution >= 0.6 is 22.6 Å². The molecule has 1 aromatic rings. The number of halogens is 1. The quantitative estimate of drug-likeness (QED) is 0.734. The lowest BCUT2D eigenvalue weighted by molar-refractivity contribution is 0.0599. The molecule has 2 nitrogen and oxygen atoms in total. The number of nitrogens with zero attached hydrogens (tertiary/aromatic N) is 1. The van der Waals surface area contributed by atoms with Crippen LogP contribution in [0.15, 0.2) is 24.3 Å². The number of likely N-dealkylation sites (tertiary alicyclic amines) is 1. The van der Waals surface area contributed by atoms with Gasteiger partial charge in [0.2, 0.25) is 0 Å². The van der Waals surface area contributed by atoms with Gasteiger partial charge in [-0.1, -0.05) is 32.4 Å². The van der Waals surface area contributed by atoms with E-state index in [1.165, 1.54) is 6.42 Å². The lowest BCUT2D eigenvalue weighted by Crippen LogP contribution is -2.42. The van der Waals surface area contributed by atoms with Crippen LogP contribution in [0.1, 0.15) is 43.5 Å². The third-order valence-corrected chi connectivity index (χ3v) is 5.16. The van der Waals surface area contributed by atoms with Gasteiger partial charge in [0, 0.05) is 16.7 Å². The molecule has 0 aliphatic carbocycles. The van der Waals surface area contributed by atoms with E-state index < -0.39 is 0 Å². The Morgan fingerprint density at radius 1 is 1.33 bits per heavy atom. The summed E-state index contributed by atoms with van der Waals surface area (Å²) >= 11 is 2.24. The van der Waals surface area contributed by atoms with Crippen LogP contribution in [-0.4, -0.2) is 23.9 Å². The first-order valence-corrected chi connectivity index (χ1v) is 7.67. The molecule has 0 radical (unpaired) electrons. The van der Waals surface area contributed by atoms with Crippen LogP contribution in [0.25, 0.3) is 0 Å². The topological polar surface area (TPSA) is 20.3 Å². The van der Waals surface area contributed by atoms with Crippen LogP contribution in [0.2, 0.25) is 0 Å². The highest BCUT2D eigenvalue weighted by Gasteiger charge is 2.30. The Labute approximate surface area is 123 Å². The molecule has 1 aliphatic heterocycles. The summed E-state index contributed by atoms with van der Waals surface area (Å²) in [6.07, 6.45) is 3.45. The van der Waals surface area contributed by atoms with Gasteiger partial charge in [-0.05, 0) is 53.0 Å². The number of amides is 1. The number of rotatable bonds is 2. The molecule has 0 spiro atoms. The average Bonchev–Trinajstić information content (AvgIpc) is 2.39. The lowest BCUT2D eigenvalue weighted by atomic mass is 9.78. The second kappa shape index (κ2) is 5.59. The molecule has 0 N–H and O–H groups in total.